The molecule has 0 aliphatic carbocycles. The molecule has 152 valence electrons. The van der Waals surface area contributed by atoms with E-state index in [1.165, 1.54) is 11.2 Å². The largest absolute Gasteiger partial charge is 0.507 e. The standard InChI is InChI=1S/C23H18BrNO5/c1-29-17-9-7-14(8-10-17)21(26)19-20(15-4-2-5-16(24)12-15)25(23(28)22(19)27)13-18-6-3-11-30-18/h2-12,20,26H,13H2,1H3/t20-/m0/s1. The first-order valence-electron chi connectivity index (χ1n) is 9.20. The number of carbonyl (C=O) groups is 2. The number of aliphatic hydroxyl groups is 1. The summed E-state index contributed by atoms with van der Waals surface area (Å²) in [4.78, 5) is 27.3. The van der Waals surface area contributed by atoms with Crippen LogP contribution in [0.15, 0.2) is 81.4 Å². The van der Waals surface area contributed by atoms with Gasteiger partial charge in [0.2, 0.25) is 0 Å². The molecule has 2 heterocycles. The van der Waals surface area contributed by atoms with Crippen molar-refractivity contribution in [1.29, 1.82) is 0 Å². The third kappa shape index (κ3) is 3.64. The smallest absolute Gasteiger partial charge is 0.296 e. The van der Waals surface area contributed by atoms with E-state index in [-0.39, 0.29) is 17.9 Å². The number of amides is 1. The maximum Gasteiger partial charge on any atom is 0.296 e. The lowest BCUT2D eigenvalue weighted by molar-refractivity contribution is -0.140. The second-order valence-electron chi connectivity index (χ2n) is 6.79. The van der Waals surface area contributed by atoms with Crippen molar-refractivity contribution >= 4 is 33.4 Å². The highest BCUT2D eigenvalue weighted by Gasteiger charge is 2.46. The van der Waals surface area contributed by atoms with Crippen LogP contribution < -0.4 is 4.74 Å². The van der Waals surface area contributed by atoms with Crippen molar-refractivity contribution in [3.8, 4) is 5.75 Å². The normalized spacial score (nSPS) is 18.1. The SMILES string of the molecule is COc1ccc(C(O)=C2C(=O)C(=O)N(Cc3ccco3)[C@H]2c2cccc(Br)c2)cc1. The number of rotatable bonds is 5. The fourth-order valence-electron chi connectivity index (χ4n) is 3.54. The number of likely N-dealkylation sites (tertiary alicyclic amines) is 1. The average Bonchev–Trinajstić information content (AvgIpc) is 3.36. The van der Waals surface area contributed by atoms with Crippen molar-refractivity contribution in [3.05, 3.63) is 93.9 Å². The zero-order valence-corrected chi connectivity index (χ0v) is 17.6. The average molecular weight is 468 g/mol. The highest BCUT2D eigenvalue weighted by atomic mass is 79.9. The van der Waals surface area contributed by atoms with Gasteiger partial charge in [0.05, 0.1) is 31.5 Å². The van der Waals surface area contributed by atoms with E-state index in [4.69, 9.17) is 9.15 Å². The highest BCUT2D eigenvalue weighted by molar-refractivity contribution is 9.10. The van der Waals surface area contributed by atoms with Gasteiger partial charge in [-0.15, -0.1) is 0 Å². The van der Waals surface area contributed by atoms with Gasteiger partial charge in [-0.05, 0) is 54.1 Å². The molecular weight excluding hydrogens is 450 g/mol. The number of carbonyl (C=O) groups excluding carboxylic acids is 2. The Labute approximate surface area is 181 Å². The molecule has 3 aromatic rings. The van der Waals surface area contributed by atoms with Gasteiger partial charge in [0.15, 0.2) is 0 Å². The second-order valence-corrected chi connectivity index (χ2v) is 7.71. The topological polar surface area (TPSA) is 80.0 Å². The van der Waals surface area contributed by atoms with E-state index in [0.29, 0.717) is 22.6 Å². The molecule has 4 rings (SSSR count). The minimum atomic E-state index is -0.755. The van der Waals surface area contributed by atoms with Gasteiger partial charge in [-0.1, -0.05) is 28.1 Å². The van der Waals surface area contributed by atoms with Gasteiger partial charge in [0.1, 0.15) is 17.3 Å². The minimum absolute atomic E-state index is 0.0369. The molecule has 1 saturated heterocycles. The molecule has 0 unspecified atom stereocenters. The predicted octanol–water partition coefficient (Wildman–Crippen LogP) is 4.67. The zero-order chi connectivity index (χ0) is 21.3. The molecule has 1 amide bonds. The van der Waals surface area contributed by atoms with Crippen molar-refractivity contribution in [3.63, 3.8) is 0 Å². The van der Waals surface area contributed by atoms with Crippen molar-refractivity contribution in [2.45, 2.75) is 12.6 Å². The Balaban J connectivity index is 1.85. The molecule has 7 heteroatoms. The number of nitrogens with zero attached hydrogens (tertiary/aromatic N) is 1. The van der Waals surface area contributed by atoms with Crippen LogP contribution in [0.5, 0.6) is 5.75 Å². The number of hydrogen-bond acceptors (Lipinski definition) is 5. The third-order valence-corrected chi connectivity index (χ3v) is 5.47. The number of furan rings is 1. The number of ketones is 1. The van der Waals surface area contributed by atoms with E-state index in [0.717, 1.165) is 4.47 Å². The fourth-order valence-corrected chi connectivity index (χ4v) is 3.96. The maximum atomic E-state index is 13.0. The lowest BCUT2D eigenvalue weighted by atomic mass is 9.95. The molecule has 0 saturated carbocycles. The fraction of sp³-hybridized carbons (Fsp3) is 0.130. The summed E-state index contributed by atoms with van der Waals surface area (Å²) in [6, 6.07) is 16.7. The monoisotopic (exact) mass is 467 g/mol. The molecule has 1 fully saturated rings. The molecule has 6 nitrogen and oxygen atoms in total. The van der Waals surface area contributed by atoms with Gasteiger partial charge < -0.3 is 19.2 Å². The molecule has 1 atom stereocenters. The minimum Gasteiger partial charge on any atom is -0.507 e. The summed E-state index contributed by atoms with van der Waals surface area (Å²) in [5.41, 5.74) is 1.16. The molecule has 1 aromatic heterocycles. The Hall–Kier alpha value is -3.32. The summed E-state index contributed by atoms with van der Waals surface area (Å²) in [5, 5.41) is 11.0. The Bertz CT molecular complexity index is 1120. The Kier molecular flexibility index (Phi) is 5.46. The zero-order valence-electron chi connectivity index (χ0n) is 16.0. The van der Waals surface area contributed by atoms with Gasteiger partial charge in [-0.3, -0.25) is 9.59 Å². The molecule has 30 heavy (non-hydrogen) atoms. The lowest BCUT2D eigenvalue weighted by Gasteiger charge is -2.24. The maximum absolute atomic E-state index is 13.0. The van der Waals surface area contributed by atoms with Crippen LogP contribution >= 0.6 is 15.9 Å². The van der Waals surface area contributed by atoms with Crippen molar-refractivity contribution in [2.24, 2.45) is 0 Å². The molecule has 1 N–H and O–H groups in total. The quantitative estimate of drug-likeness (QED) is 0.335. The lowest BCUT2D eigenvalue weighted by Crippen LogP contribution is -2.29. The van der Waals surface area contributed by atoms with Gasteiger partial charge in [-0.2, -0.15) is 0 Å². The summed E-state index contributed by atoms with van der Waals surface area (Å²) in [6.07, 6.45) is 1.51. The van der Waals surface area contributed by atoms with Gasteiger partial charge in [0.25, 0.3) is 11.7 Å². The molecular formula is C23H18BrNO5. The Morgan fingerprint density at radius 1 is 1.13 bits per heavy atom. The third-order valence-electron chi connectivity index (χ3n) is 4.97. The van der Waals surface area contributed by atoms with Gasteiger partial charge in [0, 0.05) is 10.0 Å². The number of benzene rings is 2. The van der Waals surface area contributed by atoms with Crippen LogP contribution in [0.3, 0.4) is 0 Å². The first kappa shape index (κ1) is 20.0. The molecule has 1 aliphatic rings. The van der Waals surface area contributed by atoms with Crippen LogP contribution in [0.1, 0.15) is 22.9 Å². The summed E-state index contributed by atoms with van der Waals surface area (Å²) in [6.45, 7) is 0.105. The van der Waals surface area contributed by atoms with Crippen LogP contribution in [0.25, 0.3) is 5.76 Å². The number of halogens is 1. The van der Waals surface area contributed by atoms with Crippen LogP contribution in [-0.2, 0) is 16.1 Å². The van der Waals surface area contributed by atoms with E-state index < -0.39 is 17.7 Å². The number of aliphatic hydroxyl groups excluding tert-OH is 1. The van der Waals surface area contributed by atoms with Crippen molar-refractivity contribution in [2.75, 3.05) is 7.11 Å². The Morgan fingerprint density at radius 3 is 2.53 bits per heavy atom. The van der Waals surface area contributed by atoms with Crippen molar-refractivity contribution in [1.82, 2.24) is 4.90 Å². The van der Waals surface area contributed by atoms with Crippen LogP contribution in [-0.4, -0.2) is 28.8 Å². The Morgan fingerprint density at radius 2 is 1.90 bits per heavy atom. The first-order chi connectivity index (χ1) is 14.5. The molecule has 0 bridgehead atoms. The number of Topliss-reactive ketones (excluding diaryl/α,β-unsaturated/α-hetero) is 1. The molecule has 2 aromatic carbocycles. The van der Waals surface area contributed by atoms with E-state index in [9.17, 15) is 14.7 Å². The number of hydrogen-bond donors (Lipinski definition) is 1. The van der Waals surface area contributed by atoms with Gasteiger partial charge in [-0.25, -0.2) is 0 Å². The van der Waals surface area contributed by atoms with E-state index in [1.807, 2.05) is 24.3 Å². The predicted molar refractivity (Wildman–Crippen MR) is 114 cm³/mol. The van der Waals surface area contributed by atoms with Gasteiger partial charge >= 0.3 is 0 Å². The number of methoxy groups -OCH3 is 1. The molecule has 0 radical (unpaired) electrons. The van der Waals surface area contributed by atoms with Crippen LogP contribution in [0, 0.1) is 0 Å². The van der Waals surface area contributed by atoms with E-state index >= 15 is 0 Å². The van der Waals surface area contributed by atoms with Crippen LogP contribution in [0.4, 0.5) is 0 Å². The van der Waals surface area contributed by atoms with E-state index in [1.54, 1.807) is 43.5 Å². The molecule has 1 aliphatic heterocycles. The second kappa shape index (κ2) is 8.20. The first-order valence-corrected chi connectivity index (χ1v) is 9.99. The summed E-state index contributed by atoms with van der Waals surface area (Å²) in [5.74, 6) is -0.496. The van der Waals surface area contributed by atoms with Crippen molar-refractivity contribution < 1.29 is 23.8 Å². The summed E-state index contributed by atoms with van der Waals surface area (Å²) >= 11 is 3.44. The highest BCUT2D eigenvalue weighted by Crippen LogP contribution is 2.41. The van der Waals surface area contributed by atoms with E-state index in [2.05, 4.69) is 15.9 Å². The van der Waals surface area contributed by atoms with Crippen LogP contribution in [0.2, 0.25) is 0 Å². The summed E-state index contributed by atoms with van der Waals surface area (Å²) in [7, 11) is 1.54. The summed E-state index contributed by atoms with van der Waals surface area (Å²) < 4.78 is 11.3. The molecule has 0 spiro atoms. The number of ether oxygens (including phenoxy) is 1.